The van der Waals surface area contributed by atoms with E-state index in [1.54, 1.807) is 52.1 Å². The van der Waals surface area contributed by atoms with E-state index >= 15 is 4.39 Å². The van der Waals surface area contributed by atoms with Crippen LogP contribution in [-0.4, -0.2) is 96.6 Å². The zero-order chi connectivity index (χ0) is 36.8. The number of aliphatic hydroxyl groups is 1. The van der Waals surface area contributed by atoms with E-state index in [1.807, 2.05) is 30.6 Å². The Bertz CT molecular complexity index is 1530. The van der Waals surface area contributed by atoms with Crippen molar-refractivity contribution in [3.63, 3.8) is 0 Å². The molecule has 1 N–H and O–H groups in total. The molecule has 3 saturated heterocycles. The fraction of sp³-hybridized carbons (Fsp3) is 0.632. The van der Waals surface area contributed by atoms with E-state index in [4.69, 9.17) is 9.47 Å². The Morgan fingerprint density at radius 1 is 0.940 bits per heavy atom. The molecule has 0 bridgehead atoms. The lowest BCUT2D eigenvalue weighted by atomic mass is 9.85. The maximum atomic E-state index is 17.5. The molecular formula is C38H51F4N3O5. The van der Waals surface area contributed by atoms with Crippen LogP contribution in [-0.2, 0) is 20.5 Å². The van der Waals surface area contributed by atoms with Gasteiger partial charge in [0.25, 0.3) is 5.91 Å². The third kappa shape index (κ3) is 7.91. The first kappa shape index (κ1) is 37.9. The van der Waals surface area contributed by atoms with Gasteiger partial charge in [-0.1, -0.05) is 18.2 Å². The van der Waals surface area contributed by atoms with Crippen LogP contribution in [0.1, 0.15) is 82.9 Å². The number of methoxy groups -OCH3 is 1. The molecule has 3 heterocycles. The van der Waals surface area contributed by atoms with Gasteiger partial charge in [-0.2, -0.15) is 13.2 Å². The summed E-state index contributed by atoms with van der Waals surface area (Å²) >= 11 is 0. The first-order chi connectivity index (χ1) is 23.2. The lowest BCUT2D eigenvalue weighted by molar-refractivity contribution is -0.160. The van der Waals surface area contributed by atoms with Gasteiger partial charge in [-0.15, -0.1) is 0 Å². The molecule has 12 heteroatoms. The Balaban J connectivity index is 1.43. The first-order valence-corrected chi connectivity index (χ1v) is 17.4. The van der Waals surface area contributed by atoms with Crippen LogP contribution in [0, 0.1) is 11.8 Å². The van der Waals surface area contributed by atoms with Crippen molar-refractivity contribution in [1.82, 2.24) is 9.80 Å². The van der Waals surface area contributed by atoms with Crippen molar-refractivity contribution in [3.05, 3.63) is 59.2 Å². The van der Waals surface area contributed by atoms with E-state index < -0.39 is 52.2 Å². The molecule has 0 aliphatic carbocycles. The number of ether oxygens (including phenoxy) is 2. The predicted molar refractivity (Wildman–Crippen MR) is 183 cm³/mol. The summed E-state index contributed by atoms with van der Waals surface area (Å²) in [6, 6.07) is 10.6. The van der Waals surface area contributed by atoms with Gasteiger partial charge in [0.2, 0.25) is 5.67 Å². The number of alkyl halides is 4. The summed E-state index contributed by atoms with van der Waals surface area (Å²) in [4.78, 5) is 32.4. The van der Waals surface area contributed by atoms with Gasteiger partial charge < -0.3 is 24.4 Å². The Labute approximate surface area is 292 Å². The van der Waals surface area contributed by atoms with Crippen LogP contribution in [0.25, 0.3) is 0 Å². The summed E-state index contributed by atoms with van der Waals surface area (Å²) in [5, 5.41) is 10.5. The maximum absolute atomic E-state index is 17.5. The molecule has 2 aromatic rings. The van der Waals surface area contributed by atoms with Crippen LogP contribution in [0.4, 0.5) is 23.2 Å². The van der Waals surface area contributed by atoms with Gasteiger partial charge in [-0.25, -0.2) is 4.39 Å². The number of piperidine rings is 1. The lowest BCUT2D eigenvalue weighted by Gasteiger charge is -2.36. The van der Waals surface area contributed by atoms with Gasteiger partial charge in [0.1, 0.15) is 11.4 Å². The number of halogens is 4. The Morgan fingerprint density at radius 2 is 1.58 bits per heavy atom. The Hall–Kier alpha value is -3.38. The second kappa shape index (κ2) is 14.0. The minimum Gasteiger partial charge on any atom is -0.497 e. The van der Waals surface area contributed by atoms with Crippen LogP contribution in [0.3, 0.4) is 0 Å². The largest absolute Gasteiger partial charge is 0.497 e. The molecule has 276 valence electrons. The zero-order valence-electron chi connectivity index (χ0n) is 30.1. The van der Waals surface area contributed by atoms with Crippen LogP contribution in [0.15, 0.2) is 42.5 Å². The van der Waals surface area contributed by atoms with E-state index in [-0.39, 0.29) is 38.1 Å². The number of carbonyl (C=O) groups excluding carboxylic acids is 2. The minimum absolute atomic E-state index is 0.0489. The highest BCUT2D eigenvalue weighted by Gasteiger charge is 2.58. The normalized spacial score (nSPS) is 25.6. The molecule has 0 aromatic heterocycles. The average Bonchev–Trinajstić information content (AvgIpc) is 3.65. The second-order valence-electron chi connectivity index (χ2n) is 16.1. The van der Waals surface area contributed by atoms with E-state index in [0.29, 0.717) is 55.0 Å². The molecule has 50 heavy (non-hydrogen) atoms. The van der Waals surface area contributed by atoms with Crippen molar-refractivity contribution in [3.8, 4) is 5.75 Å². The van der Waals surface area contributed by atoms with E-state index in [1.165, 1.54) is 11.0 Å². The summed E-state index contributed by atoms with van der Waals surface area (Å²) < 4.78 is 70.4. The smallest absolute Gasteiger partial charge is 0.416 e. The van der Waals surface area contributed by atoms with Crippen LogP contribution >= 0.6 is 0 Å². The van der Waals surface area contributed by atoms with Crippen molar-refractivity contribution in [1.29, 1.82) is 0 Å². The maximum Gasteiger partial charge on any atom is 0.416 e. The third-order valence-electron chi connectivity index (χ3n) is 10.5. The minimum atomic E-state index is -4.59. The molecule has 3 aliphatic rings. The van der Waals surface area contributed by atoms with Crippen LogP contribution in [0.2, 0.25) is 0 Å². The third-order valence-corrected chi connectivity index (χ3v) is 10.5. The summed E-state index contributed by atoms with van der Waals surface area (Å²) in [7, 11) is 1.55. The predicted octanol–water partition coefficient (Wildman–Crippen LogP) is 6.41. The molecule has 1 amide bonds. The topological polar surface area (TPSA) is 82.6 Å². The quantitative estimate of drug-likeness (QED) is 0.264. The van der Waals surface area contributed by atoms with Gasteiger partial charge in [-0.05, 0) is 89.8 Å². The van der Waals surface area contributed by atoms with Crippen LogP contribution in [0.5, 0.6) is 5.75 Å². The Morgan fingerprint density at radius 3 is 2.12 bits per heavy atom. The van der Waals surface area contributed by atoms with Crippen molar-refractivity contribution in [2.75, 3.05) is 57.9 Å². The van der Waals surface area contributed by atoms with Crippen molar-refractivity contribution >= 4 is 17.6 Å². The lowest BCUT2D eigenvalue weighted by Crippen LogP contribution is -2.51. The Kier molecular flexibility index (Phi) is 10.6. The van der Waals surface area contributed by atoms with E-state index in [2.05, 4.69) is 0 Å². The summed E-state index contributed by atoms with van der Waals surface area (Å²) in [6.07, 6.45) is -3.77. The number of amides is 1. The van der Waals surface area contributed by atoms with Crippen molar-refractivity contribution in [2.45, 2.75) is 89.2 Å². The van der Waals surface area contributed by atoms with Gasteiger partial charge >= 0.3 is 12.1 Å². The van der Waals surface area contributed by atoms with E-state index in [9.17, 15) is 27.9 Å². The number of nitrogens with zero attached hydrogens (tertiary/aromatic N) is 3. The number of anilines is 1. The van der Waals surface area contributed by atoms with Gasteiger partial charge in [0.05, 0.1) is 18.6 Å². The van der Waals surface area contributed by atoms with Gasteiger partial charge in [0, 0.05) is 74.9 Å². The molecule has 4 atom stereocenters. The highest BCUT2D eigenvalue weighted by molar-refractivity contribution is 5.88. The molecule has 3 fully saturated rings. The number of carbonyl (C=O) groups is 2. The highest BCUT2D eigenvalue weighted by Crippen LogP contribution is 2.47. The SMILES string of the molecule is COc1ccc([C@@H]2CN(C(C)(C)C)C[C@@]2(F)C(=O)N2C[C@H](CO)[C@@H](c3ccc(C(F)(F)F)cc3N3CCC(C(=O)OC(C)(C)C)CC3)C2)cc1. The fourth-order valence-electron chi connectivity index (χ4n) is 7.64. The standard InChI is InChI=1S/C38H51F4N3O5/c1-35(2,3)45-21-31(24-8-11-28(49-7)12-9-24)37(39,23-45)34(48)44-19-26(22-46)30(20-44)29-13-10-27(38(40,41)42)18-32(29)43-16-14-25(15-17-43)33(47)50-36(4,5)6/h8-13,18,25-26,30-31,46H,14-17,19-23H2,1-7H3/t26-,30+,31+,37+/m1/s1. The number of hydrogen-bond acceptors (Lipinski definition) is 7. The van der Waals surface area contributed by atoms with Gasteiger partial charge in [-0.3, -0.25) is 14.5 Å². The number of esters is 1. The van der Waals surface area contributed by atoms with E-state index in [0.717, 1.165) is 12.1 Å². The molecule has 0 saturated carbocycles. The molecule has 5 rings (SSSR count). The molecular weight excluding hydrogens is 654 g/mol. The monoisotopic (exact) mass is 705 g/mol. The molecule has 0 unspecified atom stereocenters. The summed E-state index contributed by atoms with van der Waals surface area (Å²) in [5.74, 6) is -2.58. The molecule has 8 nitrogen and oxygen atoms in total. The number of hydrogen-bond donors (Lipinski definition) is 1. The molecule has 0 spiro atoms. The average molecular weight is 706 g/mol. The van der Waals surface area contributed by atoms with Crippen molar-refractivity contribution < 1.29 is 41.7 Å². The molecule has 2 aromatic carbocycles. The number of rotatable bonds is 7. The van der Waals surface area contributed by atoms with Crippen molar-refractivity contribution in [2.24, 2.45) is 11.8 Å². The summed E-state index contributed by atoms with van der Waals surface area (Å²) in [6.45, 7) is 12.0. The number of benzene rings is 2. The number of aliphatic hydroxyl groups excluding tert-OH is 1. The zero-order valence-corrected chi connectivity index (χ0v) is 30.1. The second-order valence-corrected chi connectivity index (χ2v) is 16.1. The first-order valence-electron chi connectivity index (χ1n) is 17.4. The highest BCUT2D eigenvalue weighted by atomic mass is 19.4. The van der Waals surface area contributed by atoms with Gasteiger partial charge in [0.15, 0.2) is 0 Å². The van der Waals surface area contributed by atoms with Crippen LogP contribution < -0.4 is 9.64 Å². The summed E-state index contributed by atoms with van der Waals surface area (Å²) in [5.41, 5.74) is -2.56. The fourth-order valence-corrected chi connectivity index (χ4v) is 7.64. The number of likely N-dealkylation sites (tertiary alicyclic amines) is 2. The molecule has 0 radical (unpaired) electrons. The molecule has 3 aliphatic heterocycles.